The third-order valence-corrected chi connectivity index (χ3v) is 4.33. The van der Waals surface area contributed by atoms with Gasteiger partial charge in [0.1, 0.15) is 0 Å². The summed E-state index contributed by atoms with van der Waals surface area (Å²) in [6.07, 6.45) is 1.98. The molecule has 0 saturated heterocycles. The molecule has 0 saturated carbocycles. The first kappa shape index (κ1) is 13.4. The molecule has 3 rings (SSSR count). The van der Waals surface area contributed by atoms with E-state index in [2.05, 4.69) is 75.6 Å². The van der Waals surface area contributed by atoms with Crippen molar-refractivity contribution < 1.29 is 0 Å². The van der Waals surface area contributed by atoms with Crippen LogP contribution < -0.4 is 5.32 Å². The number of benzene rings is 2. The standard InChI is InChI=1S/C17H17BrN2/c1-12(15-4-2-3-5-16(15)18)20-11-13-6-7-14-8-9-19-17(14)10-13/h2-10,12,19-20H,11H2,1H3/t12-/m1/s1. The lowest BCUT2D eigenvalue weighted by molar-refractivity contribution is 0.573. The Bertz CT molecular complexity index is 718. The minimum absolute atomic E-state index is 0.310. The number of H-pyrrole nitrogens is 1. The van der Waals surface area contributed by atoms with Crippen LogP contribution in [0.4, 0.5) is 0 Å². The van der Waals surface area contributed by atoms with Crippen LogP contribution in [0.1, 0.15) is 24.1 Å². The van der Waals surface area contributed by atoms with E-state index in [4.69, 9.17) is 0 Å². The SMILES string of the molecule is C[C@@H](NCc1ccc2cc[nH]c2c1)c1ccccc1Br. The van der Waals surface area contributed by atoms with Crippen LogP contribution in [0.5, 0.6) is 0 Å². The third kappa shape index (κ3) is 2.79. The van der Waals surface area contributed by atoms with Crippen molar-refractivity contribution in [2.75, 3.05) is 0 Å². The summed E-state index contributed by atoms with van der Waals surface area (Å²) in [6.45, 7) is 3.05. The molecule has 0 unspecified atom stereocenters. The maximum absolute atomic E-state index is 3.61. The first-order chi connectivity index (χ1) is 9.74. The summed E-state index contributed by atoms with van der Waals surface area (Å²) < 4.78 is 1.15. The molecule has 102 valence electrons. The fourth-order valence-electron chi connectivity index (χ4n) is 2.41. The van der Waals surface area contributed by atoms with Crippen molar-refractivity contribution in [3.05, 3.63) is 70.3 Å². The van der Waals surface area contributed by atoms with Gasteiger partial charge in [-0.1, -0.05) is 46.3 Å². The van der Waals surface area contributed by atoms with Crippen molar-refractivity contribution in [1.82, 2.24) is 10.3 Å². The Kier molecular flexibility index (Phi) is 3.90. The summed E-state index contributed by atoms with van der Waals surface area (Å²) >= 11 is 3.61. The largest absolute Gasteiger partial charge is 0.361 e. The number of halogens is 1. The minimum atomic E-state index is 0.310. The topological polar surface area (TPSA) is 27.8 Å². The quantitative estimate of drug-likeness (QED) is 0.708. The zero-order chi connectivity index (χ0) is 13.9. The van der Waals surface area contributed by atoms with Gasteiger partial charge in [-0.15, -0.1) is 0 Å². The Hall–Kier alpha value is -1.58. The number of rotatable bonds is 4. The van der Waals surface area contributed by atoms with Gasteiger partial charge in [0, 0.05) is 28.8 Å². The van der Waals surface area contributed by atoms with Gasteiger partial charge in [0.2, 0.25) is 0 Å². The molecule has 2 aromatic carbocycles. The van der Waals surface area contributed by atoms with Gasteiger partial charge in [-0.25, -0.2) is 0 Å². The number of nitrogens with one attached hydrogen (secondary N) is 2. The zero-order valence-electron chi connectivity index (χ0n) is 11.4. The molecule has 0 amide bonds. The van der Waals surface area contributed by atoms with Gasteiger partial charge in [-0.3, -0.25) is 0 Å². The first-order valence-electron chi connectivity index (χ1n) is 6.78. The second kappa shape index (κ2) is 5.81. The maximum Gasteiger partial charge on any atom is 0.0457 e. The van der Waals surface area contributed by atoms with E-state index in [0.29, 0.717) is 6.04 Å². The van der Waals surface area contributed by atoms with E-state index in [1.54, 1.807) is 0 Å². The predicted octanol–water partition coefficient (Wildman–Crippen LogP) is 4.78. The van der Waals surface area contributed by atoms with E-state index in [9.17, 15) is 0 Å². The molecule has 3 aromatic rings. The smallest absolute Gasteiger partial charge is 0.0457 e. The molecule has 1 atom stereocenters. The van der Waals surface area contributed by atoms with Crippen LogP contribution in [0.3, 0.4) is 0 Å². The lowest BCUT2D eigenvalue weighted by Crippen LogP contribution is -2.18. The first-order valence-corrected chi connectivity index (χ1v) is 7.57. The number of aromatic nitrogens is 1. The number of hydrogen-bond donors (Lipinski definition) is 2. The highest BCUT2D eigenvalue weighted by Crippen LogP contribution is 2.23. The Morgan fingerprint density at radius 2 is 2.00 bits per heavy atom. The van der Waals surface area contributed by atoms with Crippen LogP contribution in [-0.2, 0) is 6.54 Å². The summed E-state index contributed by atoms with van der Waals surface area (Å²) in [5, 5.41) is 4.83. The second-order valence-corrected chi connectivity index (χ2v) is 5.88. The van der Waals surface area contributed by atoms with Crippen LogP contribution in [0.25, 0.3) is 10.9 Å². The highest BCUT2D eigenvalue weighted by atomic mass is 79.9. The Labute approximate surface area is 127 Å². The van der Waals surface area contributed by atoms with E-state index in [-0.39, 0.29) is 0 Å². The lowest BCUT2D eigenvalue weighted by Gasteiger charge is -2.16. The highest BCUT2D eigenvalue weighted by molar-refractivity contribution is 9.10. The molecule has 2 N–H and O–H groups in total. The van der Waals surface area contributed by atoms with E-state index in [0.717, 1.165) is 11.0 Å². The number of aromatic amines is 1. The molecule has 3 heteroatoms. The highest BCUT2D eigenvalue weighted by Gasteiger charge is 2.08. The molecule has 0 fully saturated rings. The fourth-order valence-corrected chi connectivity index (χ4v) is 3.04. The molecule has 1 aromatic heterocycles. The summed E-state index contributed by atoms with van der Waals surface area (Å²) in [5.74, 6) is 0. The molecule has 0 aliphatic heterocycles. The molecule has 20 heavy (non-hydrogen) atoms. The van der Waals surface area contributed by atoms with Crippen molar-refractivity contribution in [2.24, 2.45) is 0 Å². The summed E-state index contributed by atoms with van der Waals surface area (Å²) in [5.41, 5.74) is 3.77. The van der Waals surface area contributed by atoms with Crippen molar-refractivity contribution in [2.45, 2.75) is 19.5 Å². The van der Waals surface area contributed by atoms with Crippen LogP contribution in [0.15, 0.2) is 59.2 Å². The molecule has 0 radical (unpaired) electrons. The van der Waals surface area contributed by atoms with Gasteiger partial charge in [0.05, 0.1) is 0 Å². The van der Waals surface area contributed by atoms with Crippen LogP contribution in [-0.4, -0.2) is 4.98 Å². The van der Waals surface area contributed by atoms with Crippen molar-refractivity contribution in [3.8, 4) is 0 Å². The number of hydrogen-bond acceptors (Lipinski definition) is 1. The van der Waals surface area contributed by atoms with E-state index < -0.39 is 0 Å². The average molecular weight is 329 g/mol. The summed E-state index contributed by atoms with van der Waals surface area (Å²) in [4.78, 5) is 3.25. The molecule has 0 aliphatic carbocycles. The fraction of sp³-hybridized carbons (Fsp3) is 0.176. The van der Waals surface area contributed by atoms with Gasteiger partial charge >= 0.3 is 0 Å². The van der Waals surface area contributed by atoms with Gasteiger partial charge in [0.15, 0.2) is 0 Å². The number of fused-ring (bicyclic) bond motifs is 1. The summed E-state index contributed by atoms with van der Waals surface area (Å²) in [7, 11) is 0. The molecular weight excluding hydrogens is 312 g/mol. The van der Waals surface area contributed by atoms with Crippen LogP contribution >= 0.6 is 15.9 Å². The average Bonchev–Trinajstić information content (AvgIpc) is 2.92. The molecule has 2 nitrogen and oxygen atoms in total. The van der Waals surface area contributed by atoms with E-state index >= 15 is 0 Å². The normalized spacial score (nSPS) is 12.7. The van der Waals surface area contributed by atoms with Gasteiger partial charge < -0.3 is 10.3 Å². The van der Waals surface area contributed by atoms with Gasteiger partial charge in [0.25, 0.3) is 0 Å². The third-order valence-electron chi connectivity index (χ3n) is 3.60. The van der Waals surface area contributed by atoms with Crippen LogP contribution in [0, 0.1) is 0 Å². The van der Waals surface area contributed by atoms with Crippen molar-refractivity contribution in [1.29, 1.82) is 0 Å². The van der Waals surface area contributed by atoms with E-state index in [1.165, 1.54) is 22.0 Å². The Balaban J connectivity index is 1.71. The lowest BCUT2D eigenvalue weighted by atomic mass is 10.1. The molecule has 1 heterocycles. The van der Waals surface area contributed by atoms with Gasteiger partial charge in [-0.2, -0.15) is 0 Å². The zero-order valence-corrected chi connectivity index (χ0v) is 12.9. The minimum Gasteiger partial charge on any atom is -0.361 e. The van der Waals surface area contributed by atoms with Crippen molar-refractivity contribution in [3.63, 3.8) is 0 Å². The monoisotopic (exact) mass is 328 g/mol. The maximum atomic E-state index is 3.61. The molecular formula is C17H17BrN2. The summed E-state index contributed by atoms with van der Waals surface area (Å²) in [6, 6.07) is 17.3. The van der Waals surface area contributed by atoms with Crippen molar-refractivity contribution >= 4 is 26.8 Å². The predicted molar refractivity (Wildman–Crippen MR) is 87.7 cm³/mol. The molecule has 0 aliphatic rings. The molecule has 0 bridgehead atoms. The van der Waals surface area contributed by atoms with Crippen LogP contribution in [0.2, 0.25) is 0 Å². The second-order valence-electron chi connectivity index (χ2n) is 5.02. The Morgan fingerprint density at radius 3 is 2.85 bits per heavy atom. The van der Waals surface area contributed by atoms with Gasteiger partial charge in [-0.05, 0) is 41.6 Å². The van der Waals surface area contributed by atoms with E-state index in [1.807, 2.05) is 12.3 Å². The Morgan fingerprint density at radius 1 is 1.15 bits per heavy atom. The molecule has 0 spiro atoms.